The molecule has 1 heterocycles. The monoisotopic (exact) mass is 387 g/mol. The number of nitrogens with one attached hydrogen (secondary N) is 1. The zero-order valence-electron chi connectivity index (χ0n) is 12.9. The highest BCUT2D eigenvalue weighted by atomic mass is 32.2. The highest BCUT2D eigenvalue weighted by Crippen LogP contribution is 2.26. The van der Waals surface area contributed by atoms with E-state index in [1.54, 1.807) is 24.3 Å². The van der Waals surface area contributed by atoms with Gasteiger partial charge in [-0.05, 0) is 29.8 Å². The highest BCUT2D eigenvalue weighted by Gasteiger charge is 2.31. The Bertz CT molecular complexity index is 1030. The molecule has 0 amide bonds. The average molecular weight is 387 g/mol. The molecule has 0 aliphatic carbocycles. The second-order valence-corrected chi connectivity index (χ2v) is 6.61. The Morgan fingerprint density at radius 1 is 1.15 bits per heavy atom. The smallest absolute Gasteiger partial charge is 0.406 e. The fourth-order valence-corrected chi connectivity index (χ4v) is 2.60. The van der Waals surface area contributed by atoms with Gasteiger partial charge in [-0.25, -0.2) is 9.82 Å². The number of nitrogens with two attached hydrogens (primary N) is 1. The van der Waals surface area contributed by atoms with Gasteiger partial charge in [0.05, 0.1) is 11.2 Å². The lowest BCUT2D eigenvalue weighted by Crippen LogP contribution is -2.30. The molecular formula is C14H12F3N5O3S. The van der Waals surface area contributed by atoms with E-state index in [4.69, 9.17) is 5.14 Å². The van der Waals surface area contributed by atoms with Crippen LogP contribution in [0.1, 0.15) is 5.56 Å². The maximum atomic E-state index is 12.3. The Balaban J connectivity index is 1.84. The number of hydrogen-bond acceptors (Lipinski definition) is 5. The third kappa shape index (κ3) is 4.47. The summed E-state index contributed by atoms with van der Waals surface area (Å²) in [7, 11) is -3.79. The zero-order valence-corrected chi connectivity index (χ0v) is 13.8. The quantitative estimate of drug-likeness (QED) is 0.691. The van der Waals surface area contributed by atoms with Gasteiger partial charge in [0.15, 0.2) is 0 Å². The lowest BCUT2D eigenvalue weighted by Gasteiger charge is -2.08. The van der Waals surface area contributed by atoms with Crippen molar-refractivity contribution in [1.82, 2.24) is 19.7 Å². The minimum absolute atomic E-state index is 0.0232. The molecule has 3 N–H and O–H groups in total. The molecule has 8 nitrogen and oxygen atoms in total. The van der Waals surface area contributed by atoms with Gasteiger partial charge < -0.3 is 4.74 Å². The molecule has 0 unspecified atom stereocenters. The van der Waals surface area contributed by atoms with E-state index in [0.717, 1.165) is 6.07 Å². The third-order valence-corrected chi connectivity index (χ3v) is 3.86. The first kappa shape index (κ1) is 18.1. The summed E-state index contributed by atoms with van der Waals surface area (Å²) in [4.78, 5) is 0. The van der Waals surface area contributed by atoms with E-state index in [-0.39, 0.29) is 17.8 Å². The molecule has 0 aliphatic rings. The number of benzene rings is 2. The molecule has 12 heteroatoms. The first-order valence-corrected chi connectivity index (χ1v) is 8.63. The molecule has 0 saturated heterocycles. The van der Waals surface area contributed by atoms with Crippen LogP contribution in [-0.4, -0.2) is 29.8 Å². The minimum atomic E-state index is -4.79. The van der Waals surface area contributed by atoms with Crippen molar-refractivity contribution < 1.29 is 26.3 Å². The van der Waals surface area contributed by atoms with Gasteiger partial charge in [-0.15, -0.1) is 18.3 Å². The molecular weight excluding hydrogens is 375 g/mol. The molecule has 2 aromatic carbocycles. The Hall–Kier alpha value is -2.70. The second kappa shape index (κ2) is 6.55. The standard InChI is InChI=1S/C14H12F3N5O3S/c15-14(16,17)25-11-5-6-13-12(7-11)20-21-22(13)10-3-1-9(2-4-10)8-19-26(18,23)24/h1-7,19H,8H2,(H2,18,23,24). The summed E-state index contributed by atoms with van der Waals surface area (Å²) >= 11 is 0. The van der Waals surface area contributed by atoms with Crippen LogP contribution in [0.15, 0.2) is 42.5 Å². The van der Waals surface area contributed by atoms with Crippen LogP contribution in [0.2, 0.25) is 0 Å². The summed E-state index contributed by atoms with van der Waals surface area (Å²) in [5.74, 6) is -0.388. The van der Waals surface area contributed by atoms with Crippen LogP contribution in [0.4, 0.5) is 13.2 Å². The molecule has 0 atom stereocenters. The van der Waals surface area contributed by atoms with Gasteiger partial charge in [-0.1, -0.05) is 17.3 Å². The lowest BCUT2D eigenvalue weighted by molar-refractivity contribution is -0.274. The van der Waals surface area contributed by atoms with E-state index in [9.17, 15) is 21.6 Å². The summed E-state index contributed by atoms with van der Waals surface area (Å²) in [5, 5.41) is 12.6. The first-order chi connectivity index (χ1) is 12.1. The molecule has 1 aromatic heterocycles. The molecule has 0 radical (unpaired) electrons. The maximum Gasteiger partial charge on any atom is 0.573 e. The van der Waals surface area contributed by atoms with Crippen molar-refractivity contribution in [3.63, 3.8) is 0 Å². The van der Waals surface area contributed by atoms with Crippen LogP contribution >= 0.6 is 0 Å². The SMILES string of the molecule is NS(=O)(=O)NCc1ccc(-n2nnc3cc(OC(F)(F)F)ccc32)cc1. The van der Waals surface area contributed by atoms with Crippen LogP contribution in [0, 0.1) is 0 Å². The van der Waals surface area contributed by atoms with Gasteiger partial charge in [-0.3, -0.25) is 0 Å². The molecule has 0 saturated carbocycles. The Labute approximate surface area is 145 Å². The Kier molecular flexibility index (Phi) is 4.56. The van der Waals surface area contributed by atoms with Crippen LogP contribution in [-0.2, 0) is 16.8 Å². The molecule has 0 spiro atoms. The van der Waals surface area contributed by atoms with E-state index in [1.807, 2.05) is 0 Å². The number of ether oxygens (including phenoxy) is 1. The van der Waals surface area contributed by atoms with Gasteiger partial charge in [0.25, 0.3) is 10.2 Å². The van der Waals surface area contributed by atoms with E-state index in [0.29, 0.717) is 16.8 Å². The van der Waals surface area contributed by atoms with Crippen LogP contribution in [0.25, 0.3) is 16.7 Å². The largest absolute Gasteiger partial charge is 0.573 e. The minimum Gasteiger partial charge on any atom is -0.406 e. The van der Waals surface area contributed by atoms with Crippen molar-refractivity contribution in [2.75, 3.05) is 0 Å². The number of fused-ring (bicyclic) bond motifs is 1. The zero-order chi connectivity index (χ0) is 18.9. The van der Waals surface area contributed by atoms with E-state index >= 15 is 0 Å². The summed E-state index contributed by atoms with van der Waals surface area (Å²) in [5.41, 5.74) is 1.96. The van der Waals surface area contributed by atoms with Gasteiger partial charge in [0.1, 0.15) is 11.3 Å². The fraction of sp³-hybridized carbons (Fsp3) is 0.143. The summed E-state index contributed by atoms with van der Waals surface area (Å²) < 4.78 is 66.0. The third-order valence-electron chi connectivity index (χ3n) is 3.31. The average Bonchev–Trinajstić information content (AvgIpc) is 2.94. The molecule has 0 bridgehead atoms. The predicted molar refractivity (Wildman–Crippen MR) is 85.5 cm³/mol. The Morgan fingerprint density at radius 2 is 1.85 bits per heavy atom. The number of aromatic nitrogens is 3. The number of halogens is 3. The van der Waals surface area contributed by atoms with Crippen LogP contribution < -0.4 is 14.6 Å². The number of hydrogen-bond donors (Lipinski definition) is 2. The first-order valence-electron chi connectivity index (χ1n) is 7.09. The summed E-state index contributed by atoms with van der Waals surface area (Å²) in [6, 6.07) is 10.3. The van der Waals surface area contributed by atoms with Gasteiger partial charge in [0.2, 0.25) is 0 Å². The van der Waals surface area contributed by atoms with E-state index in [2.05, 4.69) is 19.8 Å². The van der Waals surface area contributed by atoms with Crippen molar-refractivity contribution >= 4 is 21.2 Å². The van der Waals surface area contributed by atoms with Crippen molar-refractivity contribution in [1.29, 1.82) is 0 Å². The molecule has 3 aromatic rings. The van der Waals surface area contributed by atoms with Crippen LogP contribution in [0.3, 0.4) is 0 Å². The van der Waals surface area contributed by atoms with Gasteiger partial charge in [0, 0.05) is 12.6 Å². The maximum absolute atomic E-state index is 12.3. The molecule has 138 valence electrons. The Morgan fingerprint density at radius 3 is 2.46 bits per heavy atom. The number of rotatable bonds is 5. The normalized spacial score (nSPS) is 12.5. The highest BCUT2D eigenvalue weighted by molar-refractivity contribution is 7.87. The van der Waals surface area contributed by atoms with Crippen molar-refractivity contribution in [2.45, 2.75) is 12.9 Å². The number of nitrogens with zero attached hydrogens (tertiary/aromatic N) is 3. The van der Waals surface area contributed by atoms with E-state index < -0.39 is 16.6 Å². The molecule has 26 heavy (non-hydrogen) atoms. The van der Waals surface area contributed by atoms with E-state index in [1.165, 1.54) is 16.8 Å². The van der Waals surface area contributed by atoms with Crippen LogP contribution in [0.5, 0.6) is 5.75 Å². The molecule has 0 fully saturated rings. The van der Waals surface area contributed by atoms with Crippen molar-refractivity contribution in [3.8, 4) is 11.4 Å². The van der Waals surface area contributed by atoms with Gasteiger partial charge >= 0.3 is 6.36 Å². The topological polar surface area (TPSA) is 112 Å². The lowest BCUT2D eigenvalue weighted by atomic mass is 10.2. The van der Waals surface area contributed by atoms with Crippen molar-refractivity contribution in [3.05, 3.63) is 48.0 Å². The predicted octanol–water partition coefficient (Wildman–Crippen LogP) is 1.61. The summed E-state index contributed by atoms with van der Waals surface area (Å²) in [6.07, 6.45) is -4.79. The second-order valence-electron chi connectivity index (χ2n) is 5.23. The molecule has 3 rings (SSSR count). The van der Waals surface area contributed by atoms with Crippen molar-refractivity contribution in [2.24, 2.45) is 5.14 Å². The van der Waals surface area contributed by atoms with Gasteiger partial charge in [-0.2, -0.15) is 13.1 Å². The fourth-order valence-electron chi connectivity index (χ4n) is 2.23. The number of alkyl halides is 3. The molecule has 0 aliphatic heterocycles. The summed E-state index contributed by atoms with van der Waals surface area (Å²) in [6.45, 7) is 0.0232.